The van der Waals surface area contributed by atoms with Gasteiger partial charge in [-0.1, -0.05) is 23.7 Å². The lowest BCUT2D eigenvalue weighted by Gasteiger charge is -2.09. The smallest absolute Gasteiger partial charge is 0.265 e. The third kappa shape index (κ3) is 3.26. The van der Waals surface area contributed by atoms with Gasteiger partial charge in [-0.2, -0.15) is 10.2 Å². The van der Waals surface area contributed by atoms with Crippen molar-refractivity contribution in [3.05, 3.63) is 60.1 Å². The predicted molar refractivity (Wildman–Crippen MR) is 103 cm³/mol. The molecule has 138 valence electrons. The number of nitrogens with zero attached hydrogens (tertiary/aromatic N) is 5. The summed E-state index contributed by atoms with van der Waals surface area (Å²) in [5, 5.41) is 9.70. The summed E-state index contributed by atoms with van der Waals surface area (Å²) in [6.45, 7) is 2.57. The maximum atomic E-state index is 12.8. The molecule has 0 unspecified atom stereocenters. The summed E-state index contributed by atoms with van der Waals surface area (Å²) in [6, 6.07) is 8.59. The topological polar surface area (TPSA) is 94.7 Å². The molecule has 0 saturated heterocycles. The number of rotatable bonds is 5. The minimum Gasteiger partial charge on any atom is -0.277 e. The molecule has 1 aromatic carbocycles. The lowest BCUT2D eigenvalue weighted by atomic mass is 10.2. The number of aromatic nitrogens is 5. The van der Waals surface area contributed by atoms with Gasteiger partial charge in [0.1, 0.15) is 4.90 Å². The standard InChI is InChI=1S/C17H15ClN6O2S/c1-2-23-17-12(9-20-23)4-3-5-15(17)22-27(25,26)14-10-21-24(11-14)16-8-13(18)6-7-19-16/h3-11,22H,2H2,1H3. The molecule has 8 nitrogen and oxygen atoms in total. The van der Waals surface area contributed by atoms with E-state index in [0.717, 1.165) is 10.9 Å². The summed E-state index contributed by atoms with van der Waals surface area (Å²) in [5.41, 5.74) is 1.19. The van der Waals surface area contributed by atoms with Crippen LogP contribution in [0.5, 0.6) is 0 Å². The molecule has 0 aliphatic carbocycles. The van der Waals surface area contributed by atoms with Crippen LogP contribution >= 0.6 is 11.6 Å². The van der Waals surface area contributed by atoms with Crippen molar-refractivity contribution in [3.63, 3.8) is 0 Å². The van der Waals surface area contributed by atoms with E-state index in [2.05, 4.69) is 19.9 Å². The number of para-hydroxylation sites is 1. The molecule has 0 atom stereocenters. The van der Waals surface area contributed by atoms with Gasteiger partial charge in [-0.15, -0.1) is 0 Å². The number of halogens is 1. The Morgan fingerprint density at radius 3 is 2.81 bits per heavy atom. The van der Waals surface area contributed by atoms with E-state index in [1.165, 1.54) is 23.3 Å². The van der Waals surface area contributed by atoms with Gasteiger partial charge in [0, 0.05) is 29.2 Å². The Balaban J connectivity index is 1.70. The van der Waals surface area contributed by atoms with Crippen LogP contribution in [0.4, 0.5) is 5.69 Å². The van der Waals surface area contributed by atoms with Crippen molar-refractivity contribution in [1.29, 1.82) is 0 Å². The van der Waals surface area contributed by atoms with E-state index in [4.69, 9.17) is 11.6 Å². The maximum absolute atomic E-state index is 12.8. The lowest BCUT2D eigenvalue weighted by Crippen LogP contribution is -2.13. The number of fused-ring (bicyclic) bond motifs is 1. The zero-order valence-corrected chi connectivity index (χ0v) is 15.8. The van der Waals surface area contributed by atoms with Crippen molar-refractivity contribution in [1.82, 2.24) is 24.5 Å². The van der Waals surface area contributed by atoms with E-state index in [1.54, 1.807) is 35.1 Å². The SMILES string of the molecule is CCn1ncc2cccc(NS(=O)(=O)c3cnn(-c4cc(Cl)ccn4)c3)c21. The van der Waals surface area contributed by atoms with E-state index in [1.807, 2.05) is 13.0 Å². The van der Waals surface area contributed by atoms with Crippen LogP contribution in [0.3, 0.4) is 0 Å². The molecule has 3 aromatic heterocycles. The van der Waals surface area contributed by atoms with Crippen LogP contribution in [0, 0.1) is 0 Å². The second-order valence-corrected chi connectivity index (χ2v) is 7.88. The van der Waals surface area contributed by atoms with Gasteiger partial charge in [-0.25, -0.2) is 18.1 Å². The van der Waals surface area contributed by atoms with E-state index in [-0.39, 0.29) is 4.90 Å². The van der Waals surface area contributed by atoms with Crippen LogP contribution in [0.15, 0.2) is 60.0 Å². The Bertz CT molecular complexity index is 1230. The van der Waals surface area contributed by atoms with E-state index < -0.39 is 10.0 Å². The first-order valence-corrected chi connectivity index (χ1v) is 9.98. The summed E-state index contributed by atoms with van der Waals surface area (Å²) in [7, 11) is -3.84. The van der Waals surface area contributed by atoms with Gasteiger partial charge < -0.3 is 0 Å². The molecule has 0 aliphatic heterocycles. The third-order valence-electron chi connectivity index (χ3n) is 4.02. The molecular weight excluding hydrogens is 388 g/mol. The molecule has 0 aliphatic rings. The van der Waals surface area contributed by atoms with Crippen LogP contribution in [-0.2, 0) is 16.6 Å². The van der Waals surface area contributed by atoms with Gasteiger partial charge in [0.05, 0.1) is 29.8 Å². The van der Waals surface area contributed by atoms with Gasteiger partial charge in [0.25, 0.3) is 10.0 Å². The molecule has 0 amide bonds. The van der Waals surface area contributed by atoms with Crippen LogP contribution in [0.1, 0.15) is 6.92 Å². The summed E-state index contributed by atoms with van der Waals surface area (Å²) < 4.78 is 31.4. The normalized spacial score (nSPS) is 11.8. The van der Waals surface area contributed by atoms with Gasteiger partial charge in [-0.05, 0) is 19.1 Å². The highest BCUT2D eigenvalue weighted by Gasteiger charge is 2.19. The van der Waals surface area contributed by atoms with Gasteiger partial charge >= 0.3 is 0 Å². The summed E-state index contributed by atoms with van der Waals surface area (Å²) >= 11 is 5.95. The van der Waals surface area contributed by atoms with Crippen molar-refractivity contribution in [2.75, 3.05) is 4.72 Å². The molecule has 0 bridgehead atoms. The van der Waals surface area contributed by atoms with Gasteiger partial charge in [-0.3, -0.25) is 9.40 Å². The molecule has 0 radical (unpaired) electrons. The Kier molecular flexibility index (Phi) is 4.33. The summed E-state index contributed by atoms with van der Waals surface area (Å²) in [6.07, 6.45) is 5.89. The fourth-order valence-corrected chi connectivity index (χ4v) is 3.91. The fourth-order valence-electron chi connectivity index (χ4n) is 2.76. The molecule has 4 aromatic rings. The van der Waals surface area contributed by atoms with Crippen LogP contribution in [0.2, 0.25) is 5.02 Å². The number of hydrogen-bond donors (Lipinski definition) is 1. The maximum Gasteiger partial charge on any atom is 0.265 e. The molecule has 0 spiro atoms. The second kappa shape index (κ2) is 6.67. The lowest BCUT2D eigenvalue weighted by molar-refractivity contribution is 0.601. The Morgan fingerprint density at radius 1 is 1.19 bits per heavy atom. The number of benzene rings is 1. The number of anilines is 1. The molecule has 3 heterocycles. The third-order valence-corrected chi connectivity index (χ3v) is 5.57. The van der Waals surface area contributed by atoms with Crippen molar-refractivity contribution in [2.45, 2.75) is 18.4 Å². The van der Waals surface area contributed by atoms with E-state index in [0.29, 0.717) is 23.1 Å². The highest BCUT2D eigenvalue weighted by Crippen LogP contribution is 2.26. The molecule has 27 heavy (non-hydrogen) atoms. The second-order valence-electron chi connectivity index (χ2n) is 5.76. The summed E-state index contributed by atoms with van der Waals surface area (Å²) in [5.74, 6) is 0.426. The first-order chi connectivity index (χ1) is 13.0. The van der Waals surface area contributed by atoms with Crippen molar-refractivity contribution >= 4 is 38.2 Å². The highest BCUT2D eigenvalue weighted by molar-refractivity contribution is 7.92. The predicted octanol–water partition coefficient (Wildman–Crippen LogP) is 3.09. The number of pyridine rings is 1. The highest BCUT2D eigenvalue weighted by atomic mass is 35.5. The van der Waals surface area contributed by atoms with E-state index >= 15 is 0 Å². The van der Waals surface area contributed by atoms with Crippen LogP contribution in [0.25, 0.3) is 16.7 Å². The number of nitrogens with one attached hydrogen (secondary N) is 1. The first-order valence-electron chi connectivity index (χ1n) is 8.12. The number of sulfonamides is 1. The molecule has 0 saturated carbocycles. The molecule has 1 N–H and O–H groups in total. The Labute approximate surface area is 160 Å². The van der Waals surface area contributed by atoms with Crippen LogP contribution < -0.4 is 4.72 Å². The van der Waals surface area contributed by atoms with Gasteiger partial charge in [0.15, 0.2) is 5.82 Å². The Morgan fingerprint density at radius 2 is 2.04 bits per heavy atom. The molecule has 0 fully saturated rings. The fraction of sp³-hybridized carbons (Fsp3) is 0.118. The zero-order chi connectivity index (χ0) is 19.0. The Hall–Kier alpha value is -2.91. The monoisotopic (exact) mass is 402 g/mol. The molecule has 4 rings (SSSR count). The molecule has 10 heteroatoms. The average molecular weight is 403 g/mol. The minimum absolute atomic E-state index is 0.0174. The van der Waals surface area contributed by atoms with Gasteiger partial charge in [0.2, 0.25) is 0 Å². The van der Waals surface area contributed by atoms with Crippen LogP contribution in [-0.4, -0.2) is 33.0 Å². The quantitative estimate of drug-likeness (QED) is 0.553. The van der Waals surface area contributed by atoms with Crippen molar-refractivity contribution in [2.24, 2.45) is 0 Å². The number of aryl methyl sites for hydroxylation is 1. The number of hydrogen-bond acceptors (Lipinski definition) is 5. The average Bonchev–Trinajstić information content (AvgIpc) is 3.29. The molecular formula is C17H15ClN6O2S. The summed E-state index contributed by atoms with van der Waals surface area (Å²) in [4.78, 5) is 4.15. The van der Waals surface area contributed by atoms with Crippen molar-refractivity contribution in [3.8, 4) is 5.82 Å². The zero-order valence-electron chi connectivity index (χ0n) is 14.2. The first kappa shape index (κ1) is 17.5. The van der Waals surface area contributed by atoms with Crippen molar-refractivity contribution < 1.29 is 8.42 Å². The minimum atomic E-state index is -3.84. The largest absolute Gasteiger partial charge is 0.277 e. The van der Waals surface area contributed by atoms with E-state index in [9.17, 15) is 8.42 Å².